The molecule has 1 amide bonds. The highest BCUT2D eigenvalue weighted by atomic mass is 32.1. The van der Waals surface area contributed by atoms with Gasteiger partial charge in [0.15, 0.2) is 0 Å². The van der Waals surface area contributed by atoms with Gasteiger partial charge in [0, 0.05) is 30.5 Å². The zero-order valence-corrected chi connectivity index (χ0v) is 12.0. The Balaban J connectivity index is 1.92. The summed E-state index contributed by atoms with van der Waals surface area (Å²) >= 11 is 1.35. The summed E-state index contributed by atoms with van der Waals surface area (Å²) in [6.07, 6.45) is 2.40. The Hall–Kier alpha value is -1.17. The number of hydrogen-bond donors (Lipinski definition) is 1. The number of hydrogen-bond acceptors (Lipinski definition) is 5. The molecule has 6 heteroatoms. The van der Waals surface area contributed by atoms with E-state index in [1.807, 2.05) is 25.7 Å². The maximum absolute atomic E-state index is 12.1. The van der Waals surface area contributed by atoms with Crippen molar-refractivity contribution in [2.75, 3.05) is 18.4 Å². The Morgan fingerprint density at radius 2 is 2.17 bits per heavy atom. The van der Waals surface area contributed by atoms with E-state index in [0.29, 0.717) is 5.92 Å². The fraction of sp³-hybridized carbons (Fsp3) is 0.750. The first-order valence-corrected chi connectivity index (χ1v) is 7.32. The molecule has 1 saturated carbocycles. The monoisotopic (exact) mass is 268 g/mol. The summed E-state index contributed by atoms with van der Waals surface area (Å²) in [5.41, 5.74) is 0. The quantitative estimate of drug-likeness (QED) is 0.858. The molecular formula is C12H20N4OS. The van der Waals surface area contributed by atoms with Gasteiger partial charge < -0.3 is 10.2 Å². The molecule has 2 rings (SSSR count). The summed E-state index contributed by atoms with van der Waals surface area (Å²) in [7, 11) is 0. The van der Waals surface area contributed by atoms with Crippen molar-refractivity contribution in [1.29, 1.82) is 0 Å². The van der Waals surface area contributed by atoms with E-state index in [0.717, 1.165) is 24.0 Å². The van der Waals surface area contributed by atoms with Crippen molar-refractivity contribution in [1.82, 2.24) is 14.3 Å². The Bertz CT molecular complexity index is 412. The molecule has 0 spiro atoms. The van der Waals surface area contributed by atoms with Crippen LogP contribution in [0.2, 0.25) is 0 Å². The number of nitrogens with zero attached hydrogens (tertiary/aromatic N) is 3. The molecule has 5 nitrogen and oxygen atoms in total. The van der Waals surface area contributed by atoms with Gasteiger partial charge in [0.2, 0.25) is 11.0 Å². The molecule has 100 valence electrons. The average molecular weight is 268 g/mol. The molecule has 1 fully saturated rings. The maximum Gasteiger partial charge on any atom is 0.244 e. The van der Waals surface area contributed by atoms with Crippen LogP contribution >= 0.6 is 11.5 Å². The SMILES string of the molecule is CCN(CC)C(=O)C(C)Nc1nc(C2CC2)ns1. The van der Waals surface area contributed by atoms with E-state index in [2.05, 4.69) is 14.7 Å². The second-order valence-electron chi connectivity index (χ2n) is 4.61. The zero-order chi connectivity index (χ0) is 13.1. The average Bonchev–Trinajstić information content (AvgIpc) is 3.12. The van der Waals surface area contributed by atoms with Gasteiger partial charge in [0.25, 0.3) is 0 Å². The number of likely N-dealkylation sites (N-methyl/N-ethyl adjacent to an activating group) is 1. The van der Waals surface area contributed by atoms with Crippen LogP contribution in [0.5, 0.6) is 0 Å². The Labute approximate surface area is 112 Å². The highest BCUT2D eigenvalue weighted by molar-refractivity contribution is 7.09. The van der Waals surface area contributed by atoms with Gasteiger partial charge >= 0.3 is 0 Å². The van der Waals surface area contributed by atoms with Gasteiger partial charge in [-0.25, -0.2) is 4.98 Å². The van der Waals surface area contributed by atoms with Crippen molar-refractivity contribution in [2.24, 2.45) is 0 Å². The van der Waals surface area contributed by atoms with Crippen LogP contribution < -0.4 is 5.32 Å². The number of carbonyl (C=O) groups excluding carboxylic acids is 1. The van der Waals surface area contributed by atoms with Crippen LogP contribution in [-0.2, 0) is 4.79 Å². The van der Waals surface area contributed by atoms with E-state index in [1.54, 1.807) is 0 Å². The predicted octanol–water partition coefficient (Wildman–Crippen LogP) is 2.08. The van der Waals surface area contributed by atoms with E-state index >= 15 is 0 Å². The summed E-state index contributed by atoms with van der Waals surface area (Å²) in [6, 6.07) is -0.245. The predicted molar refractivity (Wildman–Crippen MR) is 72.9 cm³/mol. The van der Waals surface area contributed by atoms with E-state index in [1.165, 1.54) is 24.4 Å². The number of carbonyl (C=O) groups is 1. The third kappa shape index (κ3) is 2.98. The molecule has 1 aromatic heterocycles. The molecule has 1 N–H and O–H groups in total. The van der Waals surface area contributed by atoms with Crippen LogP contribution in [0.3, 0.4) is 0 Å². The van der Waals surface area contributed by atoms with E-state index in [4.69, 9.17) is 0 Å². The lowest BCUT2D eigenvalue weighted by molar-refractivity contribution is -0.131. The minimum absolute atomic E-state index is 0.114. The lowest BCUT2D eigenvalue weighted by Gasteiger charge is -2.23. The van der Waals surface area contributed by atoms with Crippen molar-refractivity contribution < 1.29 is 4.79 Å². The van der Waals surface area contributed by atoms with E-state index in [-0.39, 0.29) is 11.9 Å². The van der Waals surface area contributed by atoms with Gasteiger partial charge in [-0.3, -0.25) is 4.79 Å². The first-order valence-electron chi connectivity index (χ1n) is 6.54. The fourth-order valence-electron chi connectivity index (χ4n) is 1.86. The van der Waals surface area contributed by atoms with Gasteiger partial charge in [-0.2, -0.15) is 4.37 Å². The first-order chi connectivity index (χ1) is 8.65. The molecule has 18 heavy (non-hydrogen) atoms. The highest BCUT2D eigenvalue weighted by Crippen LogP contribution is 2.39. The molecular weight excluding hydrogens is 248 g/mol. The van der Waals surface area contributed by atoms with Crippen molar-refractivity contribution in [3.8, 4) is 0 Å². The lowest BCUT2D eigenvalue weighted by Crippen LogP contribution is -2.41. The number of aromatic nitrogens is 2. The van der Waals surface area contributed by atoms with E-state index < -0.39 is 0 Å². The molecule has 0 radical (unpaired) electrons. The van der Waals surface area contributed by atoms with Crippen LogP contribution in [-0.4, -0.2) is 39.3 Å². The molecule has 1 aliphatic carbocycles. The van der Waals surface area contributed by atoms with Crippen molar-refractivity contribution in [3.63, 3.8) is 0 Å². The minimum atomic E-state index is -0.245. The van der Waals surface area contributed by atoms with Gasteiger partial charge in [-0.1, -0.05) is 0 Å². The van der Waals surface area contributed by atoms with Crippen molar-refractivity contribution in [2.45, 2.75) is 45.6 Å². The second-order valence-corrected chi connectivity index (χ2v) is 5.36. The number of nitrogens with one attached hydrogen (secondary N) is 1. The van der Waals surface area contributed by atoms with E-state index in [9.17, 15) is 4.79 Å². The lowest BCUT2D eigenvalue weighted by atomic mass is 10.3. The Morgan fingerprint density at radius 1 is 1.50 bits per heavy atom. The normalized spacial score (nSPS) is 16.4. The topological polar surface area (TPSA) is 58.1 Å². The molecule has 1 aromatic rings. The Morgan fingerprint density at radius 3 is 2.72 bits per heavy atom. The summed E-state index contributed by atoms with van der Waals surface area (Å²) in [5, 5.41) is 3.90. The molecule has 0 aromatic carbocycles. The third-order valence-electron chi connectivity index (χ3n) is 3.17. The highest BCUT2D eigenvalue weighted by Gasteiger charge is 2.28. The van der Waals surface area contributed by atoms with Gasteiger partial charge in [0.1, 0.15) is 11.9 Å². The van der Waals surface area contributed by atoms with Gasteiger partial charge in [-0.05, 0) is 33.6 Å². The summed E-state index contributed by atoms with van der Waals surface area (Å²) < 4.78 is 4.32. The van der Waals surface area contributed by atoms with Crippen LogP contribution in [0.15, 0.2) is 0 Å². The number of rotatable bonds is 6. The molecule has 0 saturated heterocycles. The van der Waals surface area contributed by atoms with Crippen molar-refractivity contribution in [3.05, 3.63) is 5.82 Å². The standard InChI is InChI=1S/C12H20N4OS/c1-4-16(5-2)11(17)8(3)13-12-14-10(15-18-12)9-6-7-9/h8-9H,4-7H2,1-3H3,(H,13,14,15). The molecule has 1 unspecified atom stereocenters. The van der Waals surface area contributed by atoms with Crippen LogP contribution in [0.4, 0.5) is 5.13 Å². The first kappa shape index (κ1) is 13.3. The maximum atomic E-state index is 12.1. The summed E-state index contributed by atoms with van der Waals surface area (Å²) in [4.78, 5) is 18.3. The number of anilines is 1. The summed E-state index contributed by atoms with van der Waals surface area (Å²) in [6.45, 7) is 7.34. The van der Waals surface area contributed by atoms with Gasteiger partial charge in [0.05, 0.1) is 0 Å². The summed E-state index contributed by atoms with van der Waals surface area (Å²) in [5.74, 6) is 1.61. The largest absolute Gasteiger partial charge is 0.349 e. The molecule has 1 atom stereocenters. The molecule has 1 heterocycles. The van der Waals surface area contributed by atoms with Crippen molar-refractivity contribution >= 4 is 22.6 Å². The van der Waals surface area contributed by atoms with Crippen LogP contribution in [0, 0.1) is 0 Å². The second kappa shape index (κ2) is 5.65. The van der Waals surface area contributed by atoms with Crippen LogP contribution in [0.1, 0.15) is 45.4 Å². The fourth-order valence-corrected chi connectivity index (χ4v) is 2.59. The smallest absolute Gasteiger partial charge is 0.244 e. The molecule has 0 aliphatic heterocycles. The third-order valence-corrected chi connectivity index (χ3v) is 3.83. The molecule has 1 aliphatic rings. The van der Waals surface area contributed by atoms with Crippen LogP contribution in [0.25, 0.3) is 0 Å². The molecule has 0 bridgehead atoms. The minimum Gasteiger partial charge on any atom is -0.349 e. The number of amides is 1. The van der Waals surface area contributed by atoms with Gasteiger partial charge in [-0.15, -0.1) is 0 Å². The Kier molecular flexibility index (Phi) is 4.16. The zero-order valence-electron chi connectivity index (χ0n) is 11.1.